The standard InChI is InChI=1S/C16H22N4OS/c1-4-11(3)17-14(21)10-22-16-18-15(19-20-16)13-8-6-12(5-2)7-9-13/h6-9,11H,4-5,10H2,1-3H3,(H,17,21)(H,18,19,20). The first-order valence-electron chi connectivity index (χ1n) is 7.56. The molecule has 22 heavy (non-hydrogen) atoms. The number of hydrogen-bond donors (Lipinski definition) is 2. The van der Waals surface area contributed by atoms with Gasteiger partial charge in [-0.2, -0.15) is 0 Å². The number of carbonyl (C=O) groups excluding carboxylic acids is 1. The average molecular weight is 318 g/mol. The Morgan fingerprint density at radius 1 is 1.32 bits per heavy atom. The third-order valence-corrected chi connectivity index (χ3v) is 4.30. The Balaban J connectivity index is 1.92. The van der Waals surface area contributed by atoms with Crippen molar-refractivity contribution in [3.63, 3.8) is 0 Å². The van der Waals surface area contributed by atoms with E-state index in [4.69, 9.17) is 0 Å². The monoisotopic (exact) mass is 318 g/mol. The van der Waals surface area contributed by atoms with E-state index in [0.29, 0.717) is 10.9 Å². The molecule has 1 heterocycles. The van der Waals surface area contributed by atoms with Crippen LogP contribution in [0.5, 0.6) is 0 Å². The smallest absolute Gasteiger partial charge is 0.230 e. The van der Waals surface area contributed by atoms with Crippen molar-refractivity contribution >= 4 is 17.7 Å². The maximum atomic E-state index is 11.7. The van der Waals surface area contributed by atoms with Gasteiger partial charge in [0.25, 0.3) is 0 Å². The molecule has 1 aromatic heterocycles. The molecule has 0 aliphatic carbocycles. The number of rotatable bonds is 7. The predicted molar refractivity (Wildman–Crippen MR) is 89.8 cm³/mol. The summed E-state index contributed by atoms with van der Waals surface area (Å²) in [6, 6.07) is 8.44. The molecule has 0 bridgehead atoms. The van der Waals surface area contributed by atoms with Crippen LogP contribution >= 0.6 is 11.8 Å². The molecule has 0 saturated carbocycles. The first kappa shape index (κ1) is 16.5. The number of benzene rings is 1. The van der Waals surface area contributed by atoms with Gasteiger partial charge in [0.2, 0.25) is 11.1 Å². The molecular formula is C16H22N4OS. The van der Waals surface area contributed by atoms with E-state index in [1.807, 2.05) is 26.0 Å². The number of carbonyl (C=O) groups is 1. The molecule has 1 atom stereocenters. The van der Waals surface area contributed by atoms with E-state index >= 15 is 0 Å². The molecule has 6 heteroatoms. The van der Waals surface area contributed by atoms with E-state index in [0.717, 1.165) is 24.2 Å². The number of nitrogens with one attached hydrogen (secondary N) is 2. The molecular weight excluding hydrogens is 296 g/mol. The summed E-state index contributed by atoms with van der Waals surface area (Å²) in [5.41, 5.74) is 2.29. The maximum absolute atomic E-state index is 11.7. The number of amides is 1. The van der Waals surface area contributed by atoms with E-state index in [-0.39, 0.29) is 11.9 Å². The molecule has 0 aliphatic rings. The molecule has 0 saturated heterocycles. The van der Waals surface area contributed by atoms with Gasteiger partial charge in [0, 0.05) is 11.6 Å². The second kappa shape index (κ2) is 7.98. The zero-order chi connectivity index (χ0) is 15.9. The lowest BCUT2D eigenvalue weighted by molar-refractivity contribution is -0.119. The van der Waals surface area contributed by atoms with Gasteiger partial charge in [-0.1, -0.05) is 49.9 Å². The SMILES string of the molecule is CCc1ccc(-c2nc(SCC(=O)NC(C)CC)n[nH]2)cc1. The number of aromatic nitrogens is 3. The van der Waals surface area contributed by atoms with Crippen molar-refractivity contribution in [3.8, 4) is 11.4 Å². The van der Waals surface area contributed by atoms with Crippen LogP contribution in [0.3, 0.4) is 0 Å². The van der Waals surface area contributed by atoms with Crippen LogP contribution in [0, 0.1) is 0 Å². The lowest BCUT2D eigenvalue weighted by atomic mass is 10.1. The van der Waals surface area contributed by atoms with Crippen molar-refractivity contribution in [2.45, 2.75) is 44.8 Å². The molecule has 2 aromatic rings. The minimum absolute atomic E-state index is 0.0120. The Morgan fingerprint density at radius 3 is 2.68 bits per heavy atom. The Bertz CT molecular complexity index is 609. The maximum Gasteiger partial charge on any atom is 0.230 e. The van der Waals surface area contributed by atoms with Gasteiger partial charge >= 0.3 is 0 Å². The summed E-state index contributed by atoms with van der Waals surface area (Å²) < 4.78 is 0. The zero-order valence-corrected chi connectivity index (χ0v) is 14.0. The van der Waals surface area contributed by atoms with Gasteiger partial charge < -0.3 is 5.32 Å². The lowest BCUT2D eigenvalue weighted by Gasteiger charge is -2.09. The zero-order valence-electron chi connectivity index (χ0n) is 13.2. The van der Waals surface area contributed by atoms with Crippen molar-refractivity contribution in [1.29, 1.82) is 0 Å². The minimum Gasteiger partial charge on any atom is -0.353 e. The Hall–Kier alpha value is -1.82. The van der Waals surface area contributed by atoms with E-state index in [1.165, 1.54) is 17.3 Å². The van der Waals surface area contributed by atoms with E-state index in [9.17, 15) is 4.79 Å². The predicted octanol–water partition coefficient (Wildman–Crippen LogP) is 3.04. The number of aryl methyl sites for hydroxylation is 1. The molecule has 0 radical (unpaired) electrons. The normalized spacial score (nSPS) is 12.1. The van der Waals surface area contributed by atoms with Crippen LogP contribution in [0.15, 0.2) is 29.4 Å². The number of thioether (sulfide) groups is 1. The Morgan fingerprint density at radius 2 is 2.05 bits per heavy atom. The summed E-state index contributed by atoms with van der Waals surface area (Å²) in [4.78, 5) is 16.2. The van der Waals surface area contributed by atoms with Crippen molar-refractivity contribution in [3.05, 3.63) is 29.8 Å². The van der Waals surface area contributed by atoms with Gasteiger partial charge in [0.1, 0.15) is 0 Å². The topological polar surface area (TPSA) is 70.7 Å². The fourth-order valence-electron chi connectivity index (χ4n) is 1.89. The highest BCUT2D eigenvalue weighted by molar-refractivity contribution is 7.99. The molecule has 1 aromatic carbocycles. The van der Waals surface area contributed by atoms with Crippen LogP contribution in [0.4, 0.5) is 0 Å². The van der Waals surface area contributed by atoms with Crippen LogP contribution in [-0.2, 0) is 11.2 Å². The third-order valence-electron chi connectivity index (χ3n) is 3.45. The molecule has 0 aliphatic heterocycles. The van der Waals surface area contributed by atoms with E-state index in [2.05, 4.69) is 39.6 Å². The molecule has 1 unspecified atom stereocenters. The molecule has 2 N–H and O–H groups in total. The van der Waals surface area contributed by atoms with Crippen molar-refractivity contribution < 1.29 is 4.79 Å². The van der Waals surface area contributed by atoms with Gasteiger partial charge in [0.15, 0.2) is 5.82 Å². The van der Waals surface area contributed by atoms with Crippen molar-refractivity contribution in [2.24, 2.45) is 0 Å². The molecule has 1 amide bonds. The highest BCUT2D eigenvalue weighted by Crippen LogP contribution is 2.19. The van der Waals surface area contributed by atoms with Crippen LogP contribution in [0.2, 0.25) is 0 Å². The fraction of sp³-hybridized carbons (Fsp3) is 0.438. The van der Waals surface area contributed by atoms with Crippen LogP contribution in [0.25, 0.3) is 11.4 Å². The molecule has 2 rings (SSSR count). The highest BCUT2D eigenvalue weighted by atomic mass is 32.2. The number of nitrogens with zero attached hydrogens (tertiary/aromatic N) is 2. The van der Waals surface area contributed by atoms with Crippen LogP contribution < -0.4 is 5.32 Å². The van der Waals surface area contributed by atoms with Crippen LogP contribution in [0.1, 0.15) is 32.8 Å². The van der Waals surface area contributed by atoms with Crippen molar-refractivity contribution in [1.82, 2.24) is 20.5 Å². The fourth-order valence-corrected chi connectivity index (χ4v) is 2.50. The van der Waals surface area contributed by atoms with Crippen molar-refractivity contribution in [2.75, 3.05) is 5.75 Å². The van der Waals surface area contributed by atoms with Gasteiger partial charge in [-0.15, -0.1) is 5.10 Å². The first-order valence-corrected chi connectivity index (χ1v) is 8.54. The molecule has 0 fully saturated rings. The number of H-pyrrole nitrogens is 1. The van der Waals surface area contributed by atoms with E-state index < -0.39 is 0 Å². The van der Waals surface area contributed by atoms with Gasteiger partial charge in [-0.05, 0) is 25.3 Å². The lowest BCUT2D eigenvalue weighted by Crippen LogP contribution is -2.33. The third kappa shape index (κ3) is 4.59. The number of hydrogen-bond acceptors (Lipinski definition) is 4. The largest absolute Gasteiger partial charge is 0.353 e. The summed E-state index contributed by atoms with van der Waals surface area (Å²) in [5.74, 6) is 1.07. The summed E-state index contributed by atoms with van der Waals surface area (Å²) in [6.45, 7) is 6.17. The second-order valence-electron chi connectivity index (χ2n) is 5.18. The first-order chi connectivity index (χ1) is 10.6. The number of aromatic amines is 1. The Labute approximate surface area is 135 Å². The minimum atomic E-state index is 0.0120. The summed E-state index contributed by atoms with van der Waals surface area (Å²) >= 11 is 1.34. The summed E-state index contributed by atoms with van der Waals surface area (Å²) in [6.07, 6.45) is 1.94. The Kier molecular flexibility index (Phi) is 6.00. The van der Waals surface area contributed by atoms with Gasteiger partial charge in [-0.3, -0.25) is 9.89 Å². The quantitative estimate of drug-likeness (QED) is 0.770. The molecule has 5 nitrogen and oxygen atoms in total. The average Bonchev–Trinajstić information content (AvgIpc) is 3.02. The van der Waals surface area contributed by atoms with Crippen LogP contribution in [-0.4, -0.2) is 32.9 Å². The van der Waals surface area contributed by atoms with E-state index in [1.54, 1.807) is 0 Å². The molecule has 118 valence electrons. The summed E-state index contributed by atoms with van der Waals surface area (Å²) in [7, 11) is 0. The second-order valence-corrected chi connectivity index (χ2v) is 6.13. The van der Waals surface area contributed by atoms with Gasteiger partial charge in [0.05, 0.1) is 5.75 Å². The van der Waals surface area contributed by atoms with Gasteiger partial charge in [-0.25, -0.2) is 4.98 Å². The summed E-state index contributed by atoms with van der Waals surface area (Å²) in [5, 5.41) is 10.6. The highest BCUT2D eigenvalue weighted by Gasteiger charge is 2.10. The molecule has 0 spiro atoms.